The van der Waals surface area contributed by atoms with Crippen LogP contribution < -0.4 is 16.4 Å². The molecule has 0 saturated carbocycles. The molecule has 0 aliphatic heterocycles. The highest BCUT2D eigenvalue weighted by molar-refractivity contribution is 7.18. The van der Waals surface area contributed by atoms with Crippen molar-refractivity contribution < 1.29 is 4.79 Å². The van der Waals surface area contributed by atoms with Crippen LogP contribution in [0.5, 0.6) is 0 Å². The second kappa shape index (κ2) is 9.59. The lowest BCUT2D eigenvalue weighted by Gasteiger charge is -2.08. The summed E-state index contributed by atoms with van der Waals surface area (Å²) < 4.78 is 4.11. The van der Waals surface area contributed by atoms with E-state index in [9.17, 15) is 4.79 Å². The van der Waals surface area contributed by atoms with Gasteiger partial charge in [-0.3, -0.25) is 9.20 Å². The molecule has 4 heterocycles. The number of fused-ring (bicyclic) bond motifs is 1. The number of hydrogen-bond acceptors (Lipinski definition) is 7. The molecule has 4 N–H and O–H groups in total. The van der Waals surface area contributed by atoms with Crippen LogP contribution in [0, 0.1) is 0 Å². The third-order valence-electron chi connectivity index (χ3n) is 5.86. The second-order valence-corrected chi connectivity index (χ2v) is 9.45. The number of nitrogens with zero attached hydrogens (tertiary/aromatic N) is 5. The fraction of sp³-hybridized carbons (Fsp3) is 0.0370. The topological polar surface area (TPSA) is 115 Å². The van der Waals surface area contributed by atoms with Crippen molar-refractivity contribution in [3.63, 3.8) is 0 Å². The fourth-order valence-corrected chi connectivity index (χ4v) is 4.82. The smallest absolute Gasteiger partial charge is 0.255 e. The number of imidazole rings is 2. The number of aromatic nitrogens is 5. The largest absolute Gasteiger partial charge is 0.397 e. The number of benzene rings is 2. The van der Waals surface area contributed by atoms with Crippen molar-refractivity contribution in [3.8, 4) is 10.6 Å². The zero-order valence-electron chi connectivity index (χ0n) is 19.6. The molecule has 0 bridgehead atoms. The summed E-state index contributed by atoms with van der Waals surface area (Å²) in [4.78, 5) is 26.8. The molecule has 1 amide bonds. The van der Waals surface area contributed by atoms with Crippen LogP contribution >= 0.6 is 11.3 Å². The van der Waals surface area contributed by atoms with Gasteiger partial charge in [0.2, 0.25) is 0 Å². The van der Waals surface area contributed by atoms with Gasteiger partial charge >= 0.3 is 0 Å². The highest BCUT2D eigenvalue weighted by Crippen LogP contribution is 2.31. The number of nitrogens with two attached hydrogens (primary N) is 1. The first-order chi connectivity index (χ1) is 18.1. The zero-order valence-corrected chi connectivity index (χ0v) is 20.4. The first-order valence-electron chi connectivity index (χ1n) is 11.5. The monoisotopic (exact) mass is 506 g/mol. The van der Waals surface area contributed by atoms with E-state index < -0.39 is 0 Å². The molecule has 0 spiro atoms. The van der Waals surface area contributed by atoms with Crippen molar-refractivity contribution in [2.45, 2.75) is 6.54 Å². The van der Waals surface area contributed by atoms with Crippen molar-refractivity contribution in [1.82, 2.24) is 23.9 Å². The molecule has 0 fully saturated rings. The lowest BCUT2D eigenvalue weighted by atomic mass is 10.2. The third-order valence-corrected chi connectivity index (χ3v) is 6.79. The molecule has 0 aliphatic rings. The first kappa shape index (κ1) is 22.5. The number of nitrogens with one attached hydrogen (secondary N) is 2. The molecule has 182 valence electrons. The highest BCUT2D eigenvalue weighted by atomic mass is 32.1. The van der Waals surface area contributed by atoms with Crippen molar-refractivity contribution in [1.29, 1.82) is 0 Å². The number of thiazole rings is 1. The Hall–Kier alpha value is -4.96. The van der Waals surface area contributed by atoms with Gasteiger partial charge < -0.3 is 20.9 Å². The number of carbonyl (C=O) groups is 1. The van der Waals surface area contributed by atoms with E-state index in [1.807, 2.05) is 53.5 Å². The van der Waals surface area contributed by atoms with E-state index >= 15 is 0 Å². The number of hydrogen-bond donors (Lipinski definition) is 3. The quantitative estimate of drug-likeness (QED) is 0.254. The summed E-state index contributed by atoms with van der Waals surface area (Å²) in [6.45, 7) is 0.732. The van der Waals surface area contributed by atoms with Crippen molar-refractivity contribution in [2.75, 3.05) is 16.4 Å². The average molecular weight is 507 g/mol. The van der Waals surface area contributed by atoms with Gasteiger partial charge in [0.1, 0.15) is 5.65 Å². The zero-order chi connectivity index (χ0) is 25.2. The maximum atomic E-state index is 12.6. The Morgan fingerprint density at radius 3 is 2.68 bits per heavy atom. The van der Waals surface area contributed by atoms with Crippen molar-refractivity contribution in [3.05, 3.63) is 109 Å². The number of amides is 1. The maximum Gasteiger partial charge on any atom is 0.255 e. The molecule has 0 saturated heterocycles. The number of rotatable bonds is 7. The summed E-state index contributed by atoms with van der Waals surface area (Å²) in [6, 6.07) is 18.5. The van der Waals surface area contributed by atoms with Crippen LogP contribution in [0.3, 0.4) is 0 Å². The molecule has 0 unspecified atom stereocenters. The Morgan fingerprint density at radius 2 is 1.86 bits per heavy atom. The summed E-state index contributed by atoms with van der Waals surface area (Å²) in [5.41, 5.74) is 11.4. The molecule has 4 aromatic heterocycles. The average Bonchev–Trinajstić information content (AvgIpc) is 3.67. The molecule has 6 rings (SSSR count). The van der Waals surface area contributed by atoms with Crippen LogP contribution in [0.4, 0.5) is 22.2 Å². The van der Waals surface area contributed by atoms with E-state index in [1.54, 1.807) is 36.8 Å². The van der Waals surface area contributed by atoms with Gasteiger partial charge in [-0.05, 0) is 48.0 Å². The molecular formula is C27H22N8OS. The minimum absolute atomic E-state index is 0.221. The summed E-state index contributed by atoms with van der Waals surface area (Å²) in [5, 5.41) is 6.90. The van der Waals surface area contributed by atoms with Crippen LogP contribution in [0.25, 0.3) is 16.2 Å². The fourth-order valence-electron chi connectivity index (χ4n) is 3.98. The molecular weight excluding hydrogens is 484 g/mol. The first-order valence-corrected chi connectivity index (χ1v) is 12.3. The van der Waals surface area contributed by atoms with E-state index in [-0.39, 0.29) is 5.91 Å². The van der Waals surface area contributed by atoms with Gasteiger partial charge in [0, 0.05) is 42.6 Å². The van der Waals surface area contributed by atoms with Gasteiger partial charge in [-0.1, -0.05) is 29.5 Å². The molecule has 6 aromatic rings. The number of pyridine rings is 1. The van der Waals surface area contributed by atoms with Crippen LogP contribution in [-0.2, 0) is 6.54 Å². The Labute approximate surface area is 216 Å². The molecule has 9 nitrogen and oxygen atoms in total. The van der Waals surface area contributed by atoms with Crippen LogP contribution in [0.2, 0.25) is 0 Å². The molecule has 10 heteroatoms. The SMILES string of the molecule is Nc1ccccc1NC(=O)c1ccc(Nc2ncc(-c3cnc4ccc(Cn5ccnc5)cn34)s2)cc1. The van der Waals surface area contributed by atoms with Gasteiger partial charge in [0.05, 0.1) is 34.5 Å². The van der Waals surface area contributed by atoms with E-state index in [4.69, 9.17) is 5.73 Å². The lowest BCUT2D eigenvalue weighted by Crippen LogP contribution is -2.13. The summed E-state index contributed by atoms with van der Waals surface area (Å²) in [6.07, 6.45) is 11.3. The van der Waals surface area contributed by atoms with E-state index in [0.29, 0.717) is 16.9 Å². The number of carbonyl (C=O) groups excluding carboxylic acids is 1. The number of nitrogen functional groups attached to an aromatic ring is 1. The Kier molecular flexibility index (Phi) is 5.83. The molecule has 0 radical (unpaired) electrons. The van der Waals surface area contributed by atoms with E-state index in [1.165, 1.54) is 11.3 Å². The Bertz CT molecular complexity index is 1690. The summed E-state index contributed by atoms with van der Waals surface area (Å²) in [7, 11) is 0. The molecule has 0 aliphatic carbocycles. The molecule has 0 atom stereocenters. The van der Waals surface area contributed by atoms with Gasteiger partial charge in [-0.15, -0.1) is 0 Å². The van der Waals surface area contributed by atoms with Crippen LogP contribution in [0.15, 0.2) is 98.0 Å². The number of para-hydroxylation sites is 2. The molecule has 2 aromatic carbocycles. The van der Waals surface area contributed by atoms with Gasteiger partial charge in [0.25, 0.3) is 5.91 Å². The summed E-state index contributed by atoms with van der Waals surface area (Å²) >= 11 is 1.53. The second-order valence-electron chi connectivity index (χ2n) is 8.42. The predicted molar refractivity (Wildman–Crippen MR) is 146 cm³/mol. The van der Waals surface area contributed by atoms with Crippen LogP contribution in [-0.4, -0.2) is 29.8 Å². The van der Waals surface area contributed by atoms with Gasteiger partial charge in [0.15, 0.2) is 5.13 Å². The van der Waals surface area contributed by atoms with Crippen LogP contribution in [0.1, 0.15) is 15.9 Å². The Morgan fingerprint density at radius 1 is 1.00 bits per heavy atom. The van der Waals surface area contributed by atoms with Crippen molar-refractivity contribution >= 4 is 45.1 Å². The summed E-state index contributed by atoms with van der Waals surface area (Å²) in [5.74, 6) is -0.221. The maximum absolute atomic E-state index is 12.6. The van der Waals surface area contributed by atoms with E-state index in [2.05, 4.69) is 42.2 Å². The van der Waals surface area contributed by atoms with Gasteiger partial charge in [-0.2, -0.15) is 0 Å². The van der Waals surface area contributed by atoms with Gasteiger partial charge in [-0.25, -0.2) is 15.0 Å². The lowest BCUT2D eigenvalue weighted by molar-refractivity contribution is 0.102. The van der Waals surface area contributed by atoms with Crippen molar-refractivity contribution in [2.24, 2.45) is 0 Å². The normalized spacial score (nSPS) is 11.0. The minimum Gasteiger partial charge on any atom is -0.397 e. The highest BCUT2D eigenvalue weighted by Gasteiger charge is 2.12. The predicted octanol–water partition coefficient (Wildman–Crippen LogP) is 5.28. The Balaban J connectivity index is 1.16. The minimum atomic E-state index is -0.221. The van der Waals surface area contributed by atoms with E-state index in [0.717, 1.165) is 39.1 Å². The standard InChI is InChI=1S/C27H22N8OS/c28-21-3-1-2-4-22(21)33-26(36)19-6-8-20(9-7-19)32-27-31-14-24(37-27)23-13-30-25-10-5-18(16-35(23)25)15-34-12-11-29-17-34/h1-14,16-17H,15,28H2,(H,31,32)(H,33,36). The number of anilines is 4. The molecule has 37 heavy (non-hydrogen) atoms. The third kappa shape index (κ3) is 4.78.